The Kier molecular flexibility index (Phi) is 7.32. The molecule has 5 rings (SSSR count). The van der Waals surface area contributed by atoms with Crippen LogP contribution in [0.3, 0.4) is 0 Å². The second-order valence-electron chi connectivity index (χ2n) is 9.68. The highest BCUT2D eigenvalue weighted by Crippen LogP contribution is 2.46. The summed E-state index contributed by atoms with van der Waals surface area (Å²) in [5, 5.41) is 13.0. The van der Waals surface area contributed by atoms with Crippen molar-refractivity contribution in [3.05, 3.63) is 99.5 Å². The van der Waals surface area contributed by atoms with Gasteiger partial charge in [0.05, 0.1) is 30.4 Å². The topological polar surface area (TPSA) is 96.8 Å². The first-order valence-electron chi connectivity index (χ1n) is 12.4. The second-order valence-corrected chi connectivity index (χ2v) is 10.6. The molecule has 3 aromatic rings. The average molecular weight is 562 g/mol. The lowest BCUT2D eigenvalue weighted by molar-refractivity contribution is -0.130. The van der Waals surface area contributed by atoms with E-state index in [0.29, 0.717) is 12.1 Å². The smallest absolute Gasteiger partial charge is 0.332 e. The van der Waals surface area contributed by atoms with E-state index in [1.807, 2.05) is 30.3 Å². The number of urea groups is 1. The van der Waals surface area contributed by atoms with Gasteiger partial charge in [0.15, 0.2) is 0 Å². The number of anilines is 1. The number of likely N-dealkylation sites (tertiary alicyclic amines) is 1. The Labute approximate surface area is 236 Å². The van der Waals surface area contributed by atoms with Gasteiger partial charge < -0.3 is 15.1 Å². The summed E-state index contributed by atoms with van der Waals surface area (Å²) in [5.74, 6) is -1.17. The monoisotopic (exact) mass is 561 g/mol. The molecular formula is C29H25Cl2N5O3. The molecule has 2 aliphatic heterocycles. The third kappa shape index (κ3) is 4.85. The number of hydrogen-bond donors (Lipinski definition) is 1. The quantitative estimate of drug-likeness (QED) is 0.449. The lowest BCUT2D eigenvalue weighted by Gasteiger charge is -2.33. The number of benzene rings is 3. The predicted molar refractivity (Wildman–Crippen MR) is 148 cm³/mol. The lowest BCUT2D eigenvalue weighted by atomic mass is 9.80. The molecule has 2 aliphatic rings. The van der Waals surface area contributed by atoms with Crippen molar-refractivity contribution in [2.75, 3.05) is 31.6 Å². The molecule has 10 heteroatoms. The summed E-state index contributed by atoms with van der Waals surface area (Å²) < 4.78 is 0. The van der Waals surface area contributed by atoms with Crippen molar-refractivity contribution < 1.29 is 14.4 Å². The van der Waals surface area contributed by atoms with Crippen molar-refractivity contribution in [3.8, 4) is 6.07 Å². The molecule has 2 atom stereocenters. The Morgan fingerprint density at radius 1 is 1.05 bits per heavy atom. The van der Waals surface area contributed by atoms with Crippen LogP contribution in [0.2, 0.25) is 10.0 Å². The van der Waals surface area contributed by atoms with Crippen molar-refractivity contribution in [1.82, 2.24) is 15.1 Å². The summed E-state index contributed by atoms with van der Waals surface area (Å²) in [6, 6.07) is 22.7. The molecule has 8 nitrogen and oxygen atoms in total. The van der Waals surface area contributed by atoms with Gasteiger partial charge >= 0.3 is 6.03 Å². The average Bonchev–Trinajstić information content (AvgIpc) is 3.42. The van der Waals surface area contributed by atoms with Crippen molar-refractivity contribution in [3.63, 3.8) is 0 Å². The molecular weight excluding hydrogens is 537 g/mol. The highest BCUT2D eigenvalue weighted by atomic mass is 35.5. The standard InChI is InChI=1S/C29H25Cl2N5O3/c1-34-28(39)36(24-12-22(30)11-23(31)13-24)27(38)29(34)18-35(17-25(29)21-9-7-19(14-32)8-10-21)26(37)16-33-15-20-5-3-2-4-6-20/h2-13,25,33H,15-18H2,1H3/t25-,29-/m1/s1. The van der Waals surface area contributed by atoms with Gasteiger partial charge in [-0.15, -0.1) is 0 Å². The zero-order valence-electron chi connectivity index (χ0n) is 21.1. The van der Waals surface area contributed by atoms with Crippen LogP contribution in [-0.2, 0) is 16.1 Å². The first kappa shape index (κ1) is 26.7. The Morgan fingerprint density at radius 3 is 2.36 bits per heavy atom. The third-order valence-corrected chi connectivity index (χ3v) is 7.85. The van der Waals surface area contributed by atoms with Gasteiger partial charge in [0.1, 0.15) is 5.54 Å². The summed E-state index contributed by atoms with van der Waals surface area (Å²) in [5.41, 5.74) is 1.18. The van der Waals surface area contributed by atoms with E-state index in [9.17, 15) is 19.6 Å². The molecule has 0 bridgehead atoms. The Hall–Kier alpha value is -3.90. The van der Waals surface area contributed by atoms with Gasteiger partial charge in [-0.3, -0.25) is 9.59 Å². The number of likely N-dealkylation sites (N-methyl/N-ethyl adjacent to an activating group) is 1. The summed E-state index contributed by atoms with van der Waals surface area (Å²) in [4.78, 5) is 45.2. The van der Waals surface area contributed by atoms with Crippen LogP contribution < -0.4 is 10.2 Å². The highest BCUT2D eigenvalue weighted by molar-refractivity contribution is 6.35. The summed E-state index contributed by atoms with van der Waals surface area (Å²) in [6.45, 7) is 0.844. The number of nitrogens with zero attached hydrogens (tertiary/aromatic N) is 4. The van der Waals surface area contributed by atoms with E-state index in [0.717, 1.165) is 16.0 Å². The number of hydrogen-bond acceptors (Lipinski definition) is 5. The second kappa shape index (κ2) is 10.7. The van der Waals surface area contributed by atoms with Gasteiger partial charge in [0.2, 0.25) is 5.91 Å². The molecule has 39 heavy (non-hydrogen) atoms. The molecule has 2 saturated heterocycles. The van der Waals surface area contributed by atoms with Crippen molar-refractivity contribution >= 4 is 46.7 Å². The van der Waals surface area contributed by atoms with Gasteiger partial charge in [-0.05, 0) is 41.5 Å². The van der Waals surface area contributed by atoms with E-state index in [2.05, 4.69) is 11.4 Å². The SMILES string of the molecule is CN1C(=O)N(c2cc(Cl)cc(Cl)c2)C(=O)[C@]12CN(C(=O)CNCc1ccccc1)C[C@@H]2c1ccc(C#N)cc1. The fraction of sp³-hybridized carbons (Fsp3) is 0.241. The van der Waals surface area contributed by atoms with E-state index >= 15 is 0 Å². The number of carbonyl (C=O) groups is 3. The van der Waals surface area contributed by atoms with Crippen LogP contribution in [0.4, 0.5) is 10.5 Å². The number of nitrogens with one attached hydrogen (secondary N) is 1. The molecule has 0 aliphatic carbocycles. The number of nitriles is 1. The summed E-state index contributed by atoms with van der Waals surface area (Å²) >= 11 is 12.4. The maximum Gasteiger partial charge on any atom is 0.332 e. The fourth-order valence-corrected chi connectivity index (χ4v) is 5.93. The maximum absolute atomic E-state index is 14.2. The molecule has 3 aromatic carbocycles. The number of amides is 4. The number of halogens is 2. The number of rotatable bonds is 6. The van der Waals surface area contributed by atoms with Crippen molar-refractivity contribution in [2.45, 2.75) is 18.0 Å². The minimum Gasteiger partial charge on any atom is -0.338 e. The van der Waals surface area contributed by atoms with Crippen LogP contribution in [0.1, 0.15) is 22.6 Å². The molecule has 1 N–H and O–H groups in total. The largest absolute Gasteiger partial charge is 0.338 e. The van der Waals surface area contributed by atoms with Crippen LogP contribution in [0.15, 0.2) is 72.8 Å². The minimum atomic E-state index is -1.35. The van der Waals surface area contributed by atoms with Crippen molar-refractivity contribution in [2.24, 2.45) is 0 Å². The third-order valence-electron chi connectivity index (χ3n) is 7.41. The van der Waals surface area contributed by atoms with Gasteiger partial charge in [0, 0.05) is 36.1 Å². The van der Waals surface area contributed by atoms with E-state index in [4.69, 9.17) is 23.2 Å². The van der Waals surface area contributed by atoms with E-state index < -0.39 is 23.4 Å². The van der Waals surface area contributed by atoms with E-state index in [1.54, 1.807) is 36.2 Å². The Balaban J connectivity index is 1.47. The van der Waals surface area contributed by atoms with Gasteiger partial charge in [-0.2, -0.15) is 5.26 Å². The zero-order chi connectivity index (χ0) is 27.7. The van der Waals surface area contributed by atoms with E-state index in [1.165, 1.54) is 23.1 Å². The van der Waals surface area contributed by atoms with Crippen LogP contribution in [0, 0.1) is 11.3 Å². The normalized spacial score (nSPS) is 20.7. The van der Waals surface area contributed by atoms with Crippen molar-refractivity contribution in [1.29, 1.82) is 5.26 Å². The molecule has 0 radical (unpaired) electrons. The molecule has 198 valence electrons. The van der Waals surface area contributed by atoms with Gasteiger partial charge in [0.25, 0.3) is 5.91 Å². The molecule has 2 heterocycles. The van der Waals surface area contributed by atoms with Crippen LogP contribution in [0.25, 0.3) is 0 Å². The first-order chi connectivity index (χ1) is 18.7. The summed E-state index contributed by atoms with van der Waals surface area (Å²) in [6.07, 6.45) is 0. The molecule has 0 aromatic heterocycles. The molecule has 1 spiro atoms. The van der Waals surface area contributed by atoms with E-state index in [-0.39, 0.29) is 41.3 Å². The first-order valence-corrected chi connectivity index (χ1v) is 13.1. The molecule has 0 saturated carbocycles. The van der Waals surface area contributed by atoms with Crippen LogP contribution >= 0.6 is 23.2 Å². The number of imide groups is 1. The fourth-order valence-electron chi connectivity index (χ4n) is 5.42. The highest BCUT2D eigenvalue weighted by Gasteiger charge is 2.64. The molecule has 2 fully saturated rings. The number of carbonyl (C=O) groups excluding carboxylic acids is 3. The Bertz CT molecular complexity index is 1450. The predicted octanol–water partition coefficient (Wildman–Crippen LogP) is 4.42. The zero-order valence-corrected chi connectivity index (χ0v) is 22.6. The van der Waals surface area contributed by atoms with Gasteiger partial charge in [-0.1, -0.05) is 65.7 Å². The molecule has 4 amide bonds. The summed E-state index contributed by atoms with van der Waals surface area (Å²) in [7, 11) is 1.57. The Morgan fingerprint density at radius 2 is 1.72 bits per heavy atom. The molecule has 0 unspecified atom stereocenters. The lowest BCUT2D eigenvalue weighted by Crippen LogP contribution is -2.54. The van der Waals surface area contributed by atoms with Crippen LogP contribution in [-0.4, -0.2) is 59.9 Å². The maximum atomic E-state index is 14.2. The van der Waals surface area contributed by atoms with Gasteiger partial charge in [-0.25, -0.2) is 9.69 Å². The minimum absolute atomic E-state index is 0.0232. The van der Waals surface area contributed by atoms with Crippen LogP contribution in [0.5, 0.6) is 0 Å².